The van der Waals surface area contributed by atoms with Crippen molar-refractivity contribution in [3.8, 4) is 23.0 Å². The van der Waals surface area contributed by atoms with E-state index in [0.717, 1.165) is 4.90 Å². The number of urea groups is 1. The highest BCUT2D eigenvalue weighted by atomic mass is 16.7. The molecule has 10 heteroatoms. The van der Waals surface area contributed by atoms with Gasteiger partial charge < -0.3 is 29.6 Å². The van der Waals surface area contributed by atoms with Crippen molar-refractivity contribution in [2.75, 3.05) is 31.9 Å². The lowest BCUT2D eigenvalue weighted by atomic mass is 9.91. The van der Waals surface area contributed by atoms with Crippen LogP contribution in [0.5, 0.6) is 23.0 Å². The molecular formula is C21H19N3O7. The van der Waals surface area contributed by atoms with Gasteiger partial charge in [0.1, 0.15) is 25.3 Å². The zero-order valence-electron chi connectivity index (χ0n) is 16.6. The molecule has 3 heterocycles. The third-order valence-electron chi connectivity index (χ3n) is 5.35. The average Bonchev–Trinajstić information content (AvgIpc) is 3.32. The summed E-state index contributed by atoms with van der Waals surface area (Å²) in [7, 11) is 0. The molecule has 0 radical (unpaired) electrons. The Morgan fingerprint density at radius 1 is 1.00 bits per heavy atom. The summed E-state index contributed by atoms with van der Waals surface area (Å²) in [6.07, 6.45) is 0. The van der Waals surface area contributed by atoms with E-state index in [1.165, 1.54) is 0 Å². The highest BCUT2D eigenvalue weighted by molar-refractivity contribution is 6.10. The molecule has 4 amide bonds. The summed E-state index contributed by atoms with van der Waals surface area (Å²) in [5.41, 5.74) is -0.323. The standard InChI is InChI=1S/C21H19N3O7/c1-21(12-2-4-14-16(8-12)29-7-6-28-14)19(26)24(20(27)23-21)10-18(25)22-13-3-5-15-17(9-13)31-11-30-15/h2-5,8-9H,6-7,10-11H2,1H3,(H,22,25)(H,23,27). The highest BCUT2D eigenvalue weighted by Gasteiger charge is 2.49. The molecule has 5 rings (SSSR count). The maximum atomic E-state index is 13.1. The molecule has 2 aromatic carbocycles. The van der Waals surface area contributed by atoms with Gasteiger partial charge in [0, 0.05) is 11.8 Å². The Kier molecular flexibility index (Phi) is 4.35. The number of hydrogen-bond donors (Lipinski definition) is 2. The topological polar surface area (TPSA) is 115 Å². The summed E-state index contributed by atoms with van der Waals surface area (Å²) in [6.45, 7) is 2.13. The molecular weight excluding hydrogens is 406 g/mol. The lowest BCUT2D eigenvalue weighted by Crippen LogP contribution is -2.42. The quantitative estimate of drug-likeness (QED) is 0.715. The predicted molar refractivity (Wildman–Crippen MR) is 106 cm³/mol. The molecule has 0 aliphatic carbocycles. The van der Waals surface area contributed by atoms with E-state index < -0.39 is 29.9 Å². The van der Waals surface area contributed by atoms with Crippen LogP contribution in [-0.4, -0.2) is 49.3 Å². The van der Waals surface area contributed by atoms with Crippen LogP contribution in [-0.2, 0) is 15.1 Å². The predicted octanol–water partition coefficient (Wildman–Crippen LogP) is 1.59. The van der Waals surface area contributed by atoms with Crippen LogP contribution in [0.25, 0.3) is 0 Å². The molecule has 3 aliphatic heterocycles. The summed E-state index contributed by atoms with van der Waals surface area (Å²) in [6, 6.07) is 9.35. The number of nitrogens with zero attached hydrogens (tertiary/aromatic N) is 1. The monoisotopic (exact) mass is 425 g/mol. The number of ether oxygens (including phenoxy) is 4. The summed E-state index contributed by atoms with van der Waals surface area (Å²) < 4.78 is 21.6. The normalized spacial score (nSPS) is 21.1. The second kappa shape index (κ2) is 7.08. The van der Waals surface area contributed by atoms with Gasteiger partial charge in [0.25, 0.3) is 5.91 Å². The van der Waals surface area contributed by atoms with Crippen molar-refractivity contribution in [1.82, 2.24) is 10.2 Å². The largest absolute Gasteiger partial charge is 0.486 e. The molecule has 31 heavy (non-hydrogen) atoms. The van der Waals surface area contributed by atoms with Crippen molar-refractivity contribution < 1.29 is 33.3 Å². The average molecular weight is 425 g/mol. The van der Waals surface area contributed by atoms with Gasteiger partial charge in [-0.15, -0.1) is 0 Å². The number of rotatable bonds is 4. The number of carbonyl (C=O) groups is 3. The summed E-state index contributed by atoms with van der Waals surface area (Å²) in [5, 5.41) is 5.34. The molecule has 0 spiro atoms. The van der Waals surface area contributed by atoms with Crippen molar-refractivity contribution in [3.05, 3.63) is 42.0 Å². The minimum absolute atomic E-state index is 0.119. The van der Waals surface area contributed by atoms with Gasteiger partial charge in [-0.25, -0.2) is 4.79 Å². The second-order valence-corrected chi connectivity index (χ2v) is 7.42. The van der Waals surface area contributed by atoms with Crippen LogP contribution in [0, 0.1) is 0 Å². The van der Waals surface area contributed by atoms with Gasteiger partial charge in [0.15, 0.2) is 23.0 Å². The van der Waals surface area contributed by atoms with Crippen LogP contribution in [0.1, 0.15) is 12.5 Å². The summed E-state index contributed by atoms with van der Waals surface area (Å²) in [5.74, 6) is 1.13. The molecule has 1 unspecified atom stereocenters. The highest BCUT2D eigenvalue weighted by Crippen LogP contribution is 2.37. The SMILES string of the molecule is CC1(c2ccc3c(c2)OCCO3)NC(=O)N(CC(=O)Nc2ccc3c(c2)OCO3)C1=O. The number of hydrogen-bond acceptors (Lipinski definition) is 7. The molecule has 1 fully saturated rings. The molecule has 10 nitrogen and oxygen atoms in total. The number of carbonyl (C=O) groups excluding carboxylic acids is 3. The van der Waals surface area contributed by atoms with Gasteiger partial charge in [-0.1, -0.05) is 6.07 Å². The maximum absolute atomic E-state index is 13.1. The maximum Gasteiger partial charge on any atom is 0.325 e. The Morgan fingerprint density at radius 3 is 2.52 bits per heavy atom. The summed E-state index contributed by atoms with van der Waals surface area (Å²) >= 11 is 0. The first-order valence-corrected chi connectivity index (χ1v) is 9.68. The van der Waals surface area contributed by atoms with Gasteiger partial charge in [0.05, 0.1) is 0 Å². The van der Waals surface area contributed by atoms with E-state index in [1.807, 2.05) is 0 Å². The van der Waals surface area contributed by atoms with Gasteiger partial charge in [-0.05, 0) is 36.8 Å². The zero-order chi connectivity index (χ0) is 21.6. The molecule has 0 saturated carbocycles. The van der Waals surface area contributed by atoms with E-state index in [1.54, 1.807) is 43.3 Å². The Bertz CT molecular complexity index is 1100. The Hall–Kier alpha value is -3.95. The third-order valence-corrected chi connectivity index (χ3v) is 5.35. The number of nitrogens with one attached hydrogen (secondary N) is 2. The zero-order valence-corrected chi connectivity index (χ0v) is 16.6. The van der Waals surface area contributed by atoms with Crippen molar-refractivity contribution in [2.45, 2.75) is 12.5 Å². The molecule has 160 valence electrons. The fraction of sp³-hybridized carbons (Fsp3) is 0.286. The minimum atomic E-state index is -1.33. The molecule has 0 aromatic heterocycles. The Labute approximate surface area is 177 Å². The van der Waals surface area contributed by atoms with E-state index in [0.29, 0.717) is 47.5 Å². The number of anilines is 1. The first-order valence-electron chi connectivity index (χ1n) is 9.68. The number of benzene rings is 2. The van der Waals surface area contributed by atoms with Gasteiger partial charge in [0.2, 0.25) is 12.7 Å². The van der Waals surface area contributed by atoms with Crippen molar-refractivity contribution in [2.24, 2.45) is 0 Å². The van der Waals surface area contributed by atoms with Gasteiger partial charge in [-0.3, -0.25) is 14.5 Å². The smallest absolute Gasteiger partial charge is 0.325 e. The van der Waals surface area contributed by atoms with Crippen molar-refractivity contribution in [1.29, 1.82) is 0 Å². The first kappa shape index (κ1) is 19.0. The van der Waals surface area contributed by atoms with Crippen LogP contribution in [0.2, 0.25) is 0 Å². The number of amides is 4. The first-order chi connectivity index (χ1) is 14.9. The fourth-order valence-electron chi connectivity index (χ4n) is 3.71. The van der Waals surface area contributed by atoms with E-state index in [2.05, 4.69) is 10.6 Å². The molecule has 1 saturated heterocycles. The van der Waals surface area contributed by atoms with Crippen molar-refractivity contribution in [3.63, 3.8) is 0 Å². The van der Waals surface area contributed by atoms with E-state index in [9.17, 15) is 14.4 Å². The number of fused-ring (bicyclic) bond motifs is 2. The van der Waals surface area contributed by atoms with Crippen LogP contribution in [0.3, 0.4) is 0 Å². The van der Waals surface area contributed by atoms with Gasteiger partial charge in [-0.2, -0.15) is 0 Å². The van der Waals surface area contributed by atoms with E-state index in [4.69, 9.17) is 18.9 Å². The molecule has 2 N–H and O–H groups in total. The molecule has 3 aliphatic rings. The van der Waals surface area contributed by atoms with E-state index >= 15 is 0 Å². The van der Waals surface area contributed by atoms with Crippen LogP contribution >= 0.6 is 0 Å². The van der Waals surface area contributed by atoms with E-state index in [-0.39, 0.29) is 6.79 Å². The Balaban J connectivity index is 1.31. The number of imide groups is 1. The second-order valence-electron chi connectivity index (χ2n) is 7.42. The molecule has 1 atom stereocenters. The minimum Gasteiger partial charge on any atom is -0.486 e. The van der Waals surface area contributed by atoms with Crippen LogP contribution < -0.4 is 29.6 Å². The lowest BCUT2D eigenvalue weighted by molar-refractivity contribution is -0.133. The third kappa shape index (κ3) is 3.25. The van der Waals surface area contributed by atoms with Crippen LogP contribution in [0.4, 0.5) is 10.5 Å². The van der Waals surface area contributed by atoms with Gasteiger partial charge >= 0.3 is 6.03 Å². The summed E-state index contributed by atoms with van der Waals surface area (Å²) in [4.78, 5) is 39.0. The van der Waals surface area contributed by atoms with Crippen LogP contribution in [0.15, 0.2) is 36.4 Å². The van der Waals surface area contributed by atoms with Crippen molar-refractivity contribution >= 4 is 23.5 Å². The molecule has 0 bridgehead atoms. The lowest BCUT2D eigenvalue weighted by Gasteiger charge is -2.25. The Morgan fingerprint density at radius 2 is 1.68 bits per heavy atom. The molecule has 2 aromatic rings. The fourth-order valence-corrected chi connectivity index (χ4v) is 3.71.